The maximum absolute atomic E-state index is 15.5. The highest BCUT2D eigenvalue weighted by atomic mass is 32.2. The first-order valence-corrected chi connectivity index (χ1v) is 12.3. The van der Waals surface area contributed by atoms with Gasteiger partial charge in [0.25, 0.3) is 0 Å². The summed E-state index contributed by atoms with van der Waals surface area (Å²) in [5, 5.41) is 0. The van der Waals surface area contributed by atoms with E-state index in [4.69, 9.17) is 0 Å². The summed E-state index contributed by atoms with van der Waals surface area (Å²) >= 11 is 0. The maximum atomic E-state index is 15.5. The molecule has 33 heavy (non-hydrogen) atoms. The number of urea groups is 1. The van der Waals surface area contributed by atoms with Crippen molar-refractivity contribution >= 4 is 16.1 Å². The SMILES string of the molecule is CCS(=O)(=O)N[C@H]1[C@@H](F)CN(C(=O)N(C)C)[C@H]1Cc1cccc(-c2cc(C)ccc2F)c1F. The number of benzene rings is 2. The van der Waals surface area contributed by atoms with Crippen molar-refractivity contribution in [3.8, 4) is 11.1 Å². The highest BCUT2D eigenvalue weighted by Gasteiger charge is 2.46. The number of hydrogen-bond donors (Lipinski definition) is 1. The van der Waals surface area contributed by atoms with Crippen LogP contribution in [0, 0.1) is 18.6 Å². The highest BCUT2D eigenvalue weighted by molar-refractivity contribution is 7.89. The topological polar surface area (TPSA) is 69.7 Å². The Morgan fingerprint density at radius 3 is 2.52 bits per heavy atom. The lowest BCUT2D eigenvalue weighted by Crippen LogP contribution is -2.51. The third-order valence-electron chi connectivity index (χ3n) is 5.82. The van der Waals surface area contributed by atoms with Gasteiger partial charge in [-0.2, -0.15) is 0 Å². The molecule has 10 heteroatoms. The van der Waals surface area contributed by atoms with Crippen LogP contribution >= 0.6 is 0 Å². The van der Waals surface area contributed by atoms with Gasteiger partial charge in [0.15, 0.2) is 0 Å². The van der Waals surface area contributed by atoms with Gasteiger partial charge < -0.3 is 9.80 Å². The summed E-state index contributed by atoms with van der Waals surface area (Å²) < 4.78 is 71.6. The van der Waals surface area contributed by atoms with E-state index in [0.29, 0.717) is 0 Å². The minimum absolute atomic E-state index is 0.0414. The molecule has 1 saturated heterocycles. The summed E-state index contributed by atoms with van der Waals surface area (Å²) in [4.78, 5) is 15.2. The molecule has 0 aromatic heterocycles. The van der Waals surface area contributed by atoms with Crippen LogP contribution in [0.25, 0.3) is 11.1 Å². The van der Waals surface area contributed by atoms with E-state index in [2.05, 4.69) is 4.72 Å². The predicted octanol–water partition coefficient (Wildman–Crippen LogP) is 3.49. The van der Waals surface area contributed by atoms with Crippen molar-refractivity contribution in [3.63, 3.8) is 0 Å². The highest BCUT2D eigenvalue weighted by Crippen LogP contribution is 2.32. The number of alkyl halides is 1. The molecule has 1 N–H and O–H groups in total. The molecule has 1 aliphatic heterocycles. The average Bonchev–Trinajstić information content (AvgIpc) is 3.05. The fourth-order valence-electron chi connectivity index (χ4n) is 4.05. The van der Waals surface area contributed by atoms with Crippen LogP contribution in [0.5, 0.6) is 0 Å². The van der Waals surface area contributed by atoms with Gasteiger partial charge in [-0.15, -0.1) is 0 Å². The van der Waals surface area contributed by atoms with Crippen LogP contribution in [0.3, 0.4) is 0 Å². The molecule has 0 unspecified atom stereocenters. The van der Waals surface area contributed by atoms with Gasteiger partial charge in [-0.25, -0.2) is 31.1 Å². The Hall–Kier alpha value is -2.59. The van der Waals surface area contributed by atoms with Crippen molar-refractivity contribution in [3.05, 3.63) is 59.2 Å². The van der Waals surface area contributed by atoms with Gasteiger partial charge in [0.1, 0.15) is 17.8 Å². The second-order valence-corrected chi connectivity index (χ2v) is 10.5. The van der Waals surface area contributed by atoms with Gasteiger partial charge in [0, 0.05) is 25.2 Å². The number of amides is 2. The maximum Gasteiger partial charge on any atom is 0.319 e. The number of nitrogens with one attached hydrogen (secondary N) is 1. The van der Waals surface area contributed by atoms with E-state index < -0.39 is 45.9 Å². The molecule has 3 atom stereocenters. The lowest BCUT2D eigenvalue weighted by molar-refractivity contribution is 0.161. The molecule has 180 valence electrons. The van der Waals surface area contributed by atoms with E-state index in [1.54, 1.807) is 19.1 Å². The Kier molecular flexibility index (Phi) is 7.38. The Morgan fingerprint density at radius 2 is 1.88 bits per heavy atom. The molecule has 0 saturated carbocycles. The molecule has 2 amide bonds. The van der Waals surface area contributed by atoms with E-state index in [0.717, 1.165) is 5.56 Å². The third-order valence-corrected chi connectivity index (χ3v) is 7.21. The van der Waals surface area contributed by atoms with Crippen molar-refractivity contribution in [2.75, 3.05) is 26.4 Å². The molecule has 1 aliphatic rings. The molecule has 1 fully saturated rings. The van der Waals surface area contributed by atoms with Crippen LogP contribution in [0.2, 0.25) is 0 Å². The van der Waals surface area contributed by atoms with E-state index >= 15 is 4.39 Å². The fourth-order valence-corrected chi connectivity index (χ4v) is 4.93. The quantitative estimate of drug-likeness (QED) is 0.684. The summed E-state index contributed by atoms with van der Waals surface area (Å²) in [5.41, 5.74) is 1.02. The molecular formula is C23H28F3N3O3S. The summed E-state index contributed by atoms with van der Waals surface area (Å²) in [6.07, 6.45) is -1.81. The molecule has 1 heterocycles. The predicted molar refractivity (Wildman–Crippen MR) is 121 cm³/mol. The second-order valence-electron chi connectivity index (χ2n) is 8.43. The normalized spacial score (nSPS) is 20.8. The molecule has 0 radical (unpaired) electrons. The number of likely N-dealkylation sites (tertiary alicyclic amines) is 1. The molecule has 0 bridgehead atoms. The largest absolute Gasteiger partial charge is 0.331 e. The van der Waals surface area contributed by atoms with E-state index in [9.17, 15) is 22.0 Å². The zero-order chi connectivity index (χ0) is 24.5. The average molecular weight is 484 g/mol. The number of rotatable bonds is 6. The third kappa shape index (κ3) is 5.33. The first-order valence-electron chi connectivity index (χ1n) is 10.6. The Labute approximate surface area is 192 Å². The molecule has 0 spiro atoms. The van der Waals surface area contributed by atoms with Crippen LogP contribution in [-0.4, -0.2) is 68.9 Å². The van der Waals surface area contributed by atoms with Crippen LogP contribution in [0.1, 0.15) is 18.1 Å². The minimum atomic E-state index is -3.79. The number of carbonyl (C=O) groups is 1. The number of sulfonamides is 1. The molecule has 3 rings (SSSR count). The van der Waals surface area contributed by atoms with Crippen molar-refractivity contribution in [2.45, 2.75) is 38.5 Å². The molecule has 2 aromatic rings. The first-order chi connectivity index (χ1) is 15.4. The van der Waals surface area contributed by atoms with Gasteiger partial charge >= 0.3 is 6.03 Å². The smallest absolute Gasteiger partial charge is 0.319 e. The van der Waals surface area contributed by atoms with E-state index in [-0.39, 0.29) is 35.4 Å². The number of aryl methyl sites for hydroxylation is 1. The van der Waals surface area contributed by atoms with E-state index in [1.165, 1.54) is 55.1 Å². The van der Waals surface area contributed by atoms with Crippen LogP contribution in [0.15, 0.2) is 36.4 Å². The minimum Gasteiger partial charge on any atom is -0.331 e. The summed E-state index contributed by atoms with van der Waals surface area (Å²) in [5.74, 6) is -1.54. The number of carbonyl (C=O) groups excluding carboxylic acids is 1. The van der Waals surface area contributed by atoms with Gasteiger partial charge in [-0.1, -0.05) is 29.8 Å². The van der Waals surface area contributed by atoms with Gasteiger partial charge in [0.2, 0.25) is 10.0 Å². The summed E-state index contributed by atoms with van der Waals surface area (Å²) in [7, 11) is -0.791. The molecule has 2 aromatic carbocycles. The van der Waals surface area contributed by atoms with Crippen molar-refractivity contribution < 1.29 is 26.4 Å². The molecular weight excluding hydrogens is 455 g/mol. The standard InChI is InChI=1S/C23H28F3N3O3S/c1-5-33(31,32)27-22-19(25)13-29(23(30)28(3)4)20(22)12-15-7-6-8-16(21(15)26)17-11-14(2)9-10-18(17)24/h6-11,19-20,22,27H,5,12-13H2,1-4H3/t19-,20-,22-/m0/s1. The summed E-state index contributed by atoms with van der Waals surface area (Å²) in [6.45, 7) is 2.86. The van der Waals surface area contributed by atoms with Gasteiger partial charge in [-0.3, -0.25) is 0 Å². The number of halogens is 3. The zero-order valence-corrected chi connectivity index (χ0v) is 19.8. The monoisotopic (exact) mass is 483 g/mol. The lowest BCUT2D eigenvalue weighted by Gasteiger charge is -2.30. The van der Waals surface area contributed by atoms with Crippen molar-refractivity contribution in [2.24, 2.45) is 0 Å². The molecule has 0 aliphatic carbocycles. The van der Waals surface area contributed by atoms with Gasteiger partial charge in [-0.05, 0) is 38.0 Å². The van der Waals surface area contributed by atoms with Crippen LogP contribution < -0.4 is 4.72 Å². The zero-order valence-electron chi connectivity index (χ0n) is 19.0. The van der Waals surface area contributed by atoms with Crippen LogP contribution in [0.4, 0.5) is 18.0 Å². The van der Waals surface area contributed by atoms with Gasteiger partial charge in [0.05, 0.1) is 24.4 Å². The Bertz CT molecular complexity index is 1140. The summed E-state index contributed by atoms with van der Waals surface area (Å²) in [6, 6.07) is 6.13. The Balaban J connectivity index is 2.03. The first kappa shape index (κ1) is 25.0. The lowest BCUT2D eigenvalue weighted by atomic mass is 9.95. The van der Waals surface area contributed by atoms with Crippen LogP contribution in [-0.2, 0) is 16.4 Å². The fraction of sp³-hybridized carbons (Fsp3) is 0.435. The van der Waals surface area contributed by atoms with E-state index in [1.807, 2.05) is 0 Å². The molecule has 6 nitrogen and oxygen atoms in total. The Morgan fingerprint density at radius 1 is 1.18 bits per heavy atom. The van der Waals surface area contributed by atoms with Crippen molar-refractivity contribution in [1.29, 1.82) is 0 Å². The number of nitrogens with zero attached hydrogens (tertiary/aromatic N) is 2. The number of hydrogen-bond acceptors (Lipinski definition) is 3. The second kappa shape index (κ2) is 9.72. The van der Waals surface area contributed by atoms with Crippen molar-refractivity contribution in [1.82, 2.24) is 14.5 Å².